The first-order chi connectivity index (χ1) is 9.56. The van der Waals surface area contributed by atoms with Gasteiger partial charge >= 0.3 is 0 Å². The van der Waals surface area contributed by atoms with E-state index in [4.69, 9.17) is 0 Å². The van der Waals surface area contributed by atoms with E-state index in [0.29, 0.717) is 12.1 Å². The maximum absolute atomic E-state index is 13.1. The summed E-state index contributed by atoms with van der Waals surface area (Å²) in [5, 5.41) is 9.99. The zero-order valence-electron chi connectivity index (χ0n) is 12.2. The molecule has 2 aliphatic heterocycles. The second kappa shape index (κ2) is 5.34. The summed E-state index contributed by atoms with van der Waals surface area (Å²) in [5.74, 6) is -0.314. The van der Waals surface area contributed by atoms with Crippen molar-refractivity contribution >= 4 is 0 Å². The highest BCUT2D eigenvalue weighted by Crippen LogP contribution is 2.34. The predicted octanol–water partition coefficient (Wildman–Crippen LogP) is 2.76. The van der Waals surface area contributed by atoms with E-state index in [1.165, 1.54) is 31.5 Å². The molecule has 110 valence electrons. The summed E-state index contributed by atoms with van der Waals surface area (Å²) in [6.07, 6.45) is 2.56. The van der Waals surface area contributed by atoms with Crippen LogP contribution in [0.5, 0.6) is 5.75 Å². The highest BCUT2D eigenvalue weighted by molar-refractivity contribution is 5.35. The molecule has 1 N–H and O–H groups in total. The van der Waals surface area contributed by atoms with Gasteiger partial charge in [-0.1, -0.05) is 6.07 Å². The summed E-state index contributed by atoms with van der Waals surface area (Å²) in [7, 11) is 0. The van der Waals surface area contributed by atoms with Gasteiger partial charge in [0.2, 0.25) is 0 Å². The molecule has 2 saturated heterocycles. The van der Waals surface area contributed by atoms with Gasteiger partial charge in [0, 0.05) is 42.8 Å². The minimum absolute atomic E-state index is 0.0681. The number of hydrogen-bond donors (Lipinski definition) is 1. The number of hydrogen-bond acceptors (Lipinski definition) is 3. The van der Waals surface area contributed by atoms with Crippen LogP contribution >= 0.6 is 0 Å². The largest absolute Gasteiger partial charge is 0.508 e. The number of nitrogens with zero attached hydrogens (tertiary/aromatic N) is 2. The Bertz CT molecular complexity index is 493. The average molecular weight is 278 g/mol. The number of phenolic OH excluding ortho intramolecular Hbond substituents is 1. The third-order valence-electron chi connectivity index (χ3n) is 4.93. The van der Waals surface area contributed by atoms with E-state index in [1.54, 1.807) is 6.07 Å². The van der Waals surface area contributed by atoms with Gasteiger partial charge in [-0.15, -0.1) is 0 Å². The molecule has 0 amide bonds. The zero-order valence-corrected chi connectivity index (χ0v) is 12.2. The molecule has 2 fully saturated rings. The Kier molecular flexibility index (Phi) is 3.69. The lowest BCUT2D eigenvalue weighted by Crippen LogP contribution is -2.55. The molecule has 0 radical (unpaired) electrons. The van der Waals surface area contributed by atoms with E-state index >= 15 is 0 Å². The number of benzene rings is 1. The molecule has 20 heavy (non-hydrogen) atoms. The highest BCUT2D eigenvalue weighted by Gasteiger charge is 2.36. The zero-order chi connectivity index (χ0) is 14.3. The Morgan fingerprint density at radius 1 is 1.35 bits per heavy atom. The van der Waals surface area contributed by atoms with Crippen molar-refractivity contribution in [1.82, 2.24) is 9.80 Å². The maximum atomic E-state index is 13.1. The predicted molar refractivity (Wildman–Crippen MR) is 77.2 cm³/mol. The van der Waals surface area contributed by atoms with E-state index in [9.17, 15) is 9.50 Å². The normalized spacial score (nSPS) is 29.4. The van der Waals surface area contributed by atoms with Crippen molar-refractivity contribution in [2.24, 2.45) is 0 Å². The molecule has 1 aromatic carbocycles. The molecule has 0 aliphatic carbocycles. The molecule has 3 nitrogen and oxygen atoms in total. The lowest BCUT2D eigenvalue weighted by atomic mass is 10.00. The monoisotopic (exact) mass is 278 g/mol. The van der Waals surface area contributed by atoms with Crippen LogP contribution in [0.3, 0.4) is 0 Å². The molecule has 3 rings (SSSR count). The van der Waals surface area contributed by atoms with Gasteiger partial charge in [-0.05, 0) is 39.3 Å². The van der Waals surface area contributed by atoms with Crippen molar-refractivity contribution in [1.29, 1.82) is 0 Å². The molecule has 3 atom stereocenters. The first-order valence-corrected chi connectivity index (χ1v) is 7.54. The standard InChI is InChI=1S/C16H23FN2O/c1-11-9-18-7-3-4-14(18)10-19(11)12(2)15-6-5-13(17)8-16(15)20/h5-6,8,11-12,14,20H,3-4,7,9-10H2,1-2H3. The van der Waals surface area contributed by atoms with Gasteiger partial charge in [0.25, 0.3) is 0 Å². The highest BCUT2D eigenvalue weighted by atomic mass is 19.1. The third kappa shape index (κ3) is 2.42. The van der Waals surface area contributed by atoms with E-state index in [0.717, 1.165) is 18.7 Å². The number of piperazine rings is 1. The molecule has 2 aliphatic rings. The van der Waals surface area contributed by atoms with Crippen molar-refractivity contribution in [3.63, 3.8) is 0 Å². The number of phenols is 1. The fraction of sp³-hybridized carbons (Fsp3) is 0.625. The summed E-state index contributed by atoms with van der Waals surface area (Å²) in [4.78, 5) is 5.03. The van der Waals surface area contributed by atoms with Crippen LogP contribution in [-0.4, -0.2) is 46.6 Å². The minimum Gasteiger partial charge on any atom is -0.508 e. The maximum Gasteiger partial charge on any atom is 0.126 e. The van der Waals surface area contributed by atoms with Crippen LogP contribution in [0.1, 0.15) is 38.3 Å². The summed E-state index contributed by atoms with van der Waals surface area (Å²) in [6.45, 7) is 7.70. The number of rotatable bonds is 2. The van der Waals surface area contributed by atoms with Crippen molar-refractivity contribution in [2.45, 2.75) is 44.8 Å². The van der Waals surface area contributed by atoms with Crippen LogP contribution in [-0.2, 0) is 0 Å². The van der Waals surface area contributed by atoms with E-state index in [-0.39, 0.29) is 17.6 Å². The van der Waals surface area contributed by atoms with Gasteiger partial charge in [-0.25, -0.2) is 4.39 Å². The molecule has 1 aromatic rings. The summed E-state index contributed by atoms with van der Waals surface area (Å²) >= 11 is 0. The molecular formula is C16H23FN2O. The Balaban J connectivity index is 1.80. The summed E-state index contributed by atoms with van der Waals surface area (Å²) in [6, 6.07) is 5.58. The fourth-order valence-electron chi connectivity index (χ4n) is 3.80. The molecule has 3 unspecified atom stereocenters. The molecule has 0 spiro atoms. The summed E-state index contributed by atoms with van der Waals surface area (Å²) in [5.41, 5.74) is 0.824. The van der Waals surface area contributed by atoms with Gasteiger partial charge in [-0.3, -0.25) is 9.80 Å². The first kappa shape index (κ1) is 13.8. The second-order valence-electron chi connectivity index (χ2n) is 6.22. The van der Waals surface area contributed by atoms with Crippen LogP contribution in [0.25, 0.3) is 0 Å². The lowest BCUT2D eigenvalue weighted by Gasteiger charge is -2.45. The van der Waals surface area contributed by atoms with Gasteiger partial charge in [0.1, 0.15) is 11.6 Å². The molecule has 0 bridgehead atoms. The summed E-state index contributed by atoms with van der Waals surface area (Å²) < 4.78 is 13.1. The van der Waals surface area contributed by atoms with Gasteiger partial charge in [-0.2, -0.15) is 0 Å². The Morgan fingerprint density at radius 2 is 2.15 bits per heavy atom. The van der Waals surface area contributed by atoms with Crippen molar-refractivity contribution in [3.05, 3.63) is 29.6 Å². The molecule has 0 aromatic heterocycles. The lowest BCUT2D eigenvalue weighted by molar-refractivity contribution is 0.0319. The van der Waals surface area contributed by atoms with E-state index in [2.05, 4.69) is 23.6 Å². The van der Waals surface area contributed by atoms with Gasteiger partial charge in [0.15, 0.2) is 0 Å². The Labute approximate surface area is 120 Å². The molecule has 4 heteroatoms. The number of fused-ring (bicyclic) bond motifs is 1. The minimum atomic E-state index is -0.382. The molecule has 2 heterocycles. The third-order valence-corrected chi connectivity index (χ3v) is 4.93. The average Bonchev–Trinajstić information content (AvgIpc) is 2.84. The van der Waals surface area contributed by atoms with Crippen molar-refractivity contribution in [3.8, 4) is 5.75 Å². The van der Waals surface area contributed by atoms with Crippen molar-refractivity contribution < 1.29 is 9.50 Å². The Hall–Kier alpha value is -1.13. The topological polar surface area (TPSA) is 26.7 Å². The second-order valence-corrected chi connectivity index (χ2v) is 6.22. The Morgan fingerprint density at radius 3 is 2.90 bits per heavy atom. The first-order valence-electron chi connectivity index (χ1n) is 7.54. The van der Waals surface area contributed by atoms with Crippen LogP contribution in [0.15, 0.2) is 18.2 Å². The van der Waals surface area contributed by atoms with E-state index < -0.39 is 0 Å². The van der Waals surface area contributed by atoms with Crippen LogP contribution in [0.2, 0.25) is 0 Å². The van der Waals surface area contributed by atoms with Crippen molar-refractivity contribution in [2.75, 3.05) is 19.6 Å². The SMILES string of the molecule is CC1CN2CCCC2CN1C(C)c1ccc(F)cc1O. The number of aromatic hydroxyl groups is 1. The van der Waals surface area contributed by atoms with E-state index in [1.807, 2.05) is 0 Å². The quantitative estimate of drug-likeness (QED) is 0.901. The van der Waals surface area contributed by atoms with Crippen LogP contribution in [0.4, 0.5) is 4.39 Å². The van der Waals surface area contributed by atoms with Gasteiger partial charge < -0.3 is 5.11 Å². The van der Waals surface area contributed by atoms with Crippen LogP contribution in [0, 0.1) is 5.82 Å². The van der Waals surface area contributed by atoms with Crippen LogP contribution < -0.4 is 0 Å². The molecule has 0 saturated carbocycles. The number of halogens is 1. The molecular weight excluding hydrogens is 255 g/mol. The fourth-order valence-corrected chi connectivity index (χ4v) is 3.80. The van der Waals surface area contributed by atoms with Gasteiger partial charge in [0.05, 0.1) is 0 Å². The smallest absolute Gasteiger partial charge is 0.126 e.